The van der Waals surface area contributed by atoms with Gasteiger partial charge in [-0.2, -0.15) is 0 Å². The molecule has 2 aromatic rings. The van der Waals surface area contributed by atoms with Crippen LogP contribution in [0.25, 0.3) is 0 Å². The maximum atomic E-state index is 5.23. The standard InChI is InChI=1S/C15H17N3OS/c1-19-14-4-2-12(3-5-14)6-11-17-15(20)18-13-7-9-16-10-8-13/h2-5,7-10H,6,11H2,1H3,(H2,16,17,18,20). The smallest absolute Gasteiger partial charge is 0.170 e. The minimum Gasteiger partial charge on any atom is -0.497 e. The van der Waals surface area contributed by atoms with E-state index in [1.54, 1.807) is 19.5 Å². The van der Waals surface area contributed by atoms with E-state index in [2.05, 4.69) is 27.8 Å². The molecule has 2 rings (SSSR count). The van der Waals surface area contributed by atoms with Crippen molar-refractivity contribution >= 4 is 23.0 Å². The first-order chi connectivity index (χ1) is 9.78. The predicted molar refractivity (Wildman–Crippen MR) is 85.2 cm³/mol. The van der Waals surface area contributed by atoms with E-state index in [9.17, 15) is 0 Å². The van der Waals surface area contributed by atoms with E-state index >= 15 is 0 Å². The second-order valence-electron chi connectivity index (χ2n) is 4.21. The predicted octanol–water partition coefficient (Wildman–Crippen LogP) is 2.62. The molecular weight excluding hydrogens is 270 g/mol. The Hall–Kier alpha value is -2.14. The lowest BCUT2D eigenvalue weighted by Gasteiger charge is -2.10. The summed E-state index contributed by atoms with van der Waals surface area (Å²) in [7, 11) is 1.67. The van der Waals surface area contributed by atoms with Crippen molar-refractivity contribution in [3.8, 4) is 5.75 Å². The number of nitrogens with zero attached hydrogens (tertiary/aromatic N) is 1. The summed E-state index contributed by atoms with van der Waals surface area (Å²) in [6.45, 7) is 0.781. The van der Waals surface area contributed by atoms with Crippen LogP contribution in [0.15, 0.2) is 48.8 Å². The Kier molecular flexibility index (Phi) is 5.32. The molecule has 0 aliphatic carbocycles. The summed E-state index contributed by atoms with van der Waals surface area (Å²) in [6.07, 6.45) is 4.35. The van der Waals surface area contributed by atoms with Gasteiger partial charge in [-0.3, -0.25) is 4.98 Å². The van der Waals surface area contributed by atoms with Crippen molar-refractivity contribution in [1.29, 1.82) is 0 Å². The molecule has 1 aromatic carbocycles. The summed E-state index contributed by atoms with van der Waals surface area (Å²) < 4.78 is 5.13. The Labute approximate surface area is 124 Å². The number of aromatic nitrogens is 1. The van der Waals surface area contributed by atoms with Crippen LogP contribution >= 0.6 is 12.2 Å². The van der Waals surface area contributed by atoms with E-state index in [1.165, 1.54) is 5.56 Å². The molecule has 0 saturated carbocycles. The van der Waals surface area contributed by atoms with Crippen molar-refractivity contribution in [3.05, 3.63) is 54.4 Å². The number of hydrogen-bond donors (Lipinski definition) is 2. The number of benzene rings is 1. The average molecular weight is 287 g/mol. The number of pyridine rings is 1. The molecule has 20 heavy (non-hydrogen) atoms. The van der Waals surface area contributed by atoms with Crippen molar-refractivity contribution in [2.24, 2.45) is 0 Å². The van der Waals surface area contributed by atoms with Gasteiger partial charge >= 0.3 is 0 Å². The SMILES string of the molecule is COc1ccc(CCNC(=S)Nc2ccncc2)cc1. The number of ether oxygens (including phenoxy) is 1. The van der Waals surface area contributed by atoms with E-state index in [0.717, 1.165) is 24.4 Å². The monoisotopic (exact) mass is 287 g/mol. The highest BCUT2D eigenvalue weighted by Gasteiger charge is 1.98. The highest BCUT2D eigenvalue weighted by molar-refractivity contribution is 7.80. The third kappa shape index (κ3) is 4.51. The number of methoxy groups -OCH3 is 1. The van der Waals surface area contributed by atoms with Crippen molar-refractivity contribution in [1.82, 2.24) is 10.3 Å². The van der Waals surface area contributed by atoms with E-state index < -0.39 is 0 Å². The van der Waals surface area contributed by atoms with Crippen molar-refractivity contribution < 1.29 is 4.74 Å². The molecule has 0 radical (unpaired) electrons. The fraction of sp³-hybridized carbons (Fsp3) is 0.200. The van der Waals surface area contributed by atoms with Gasteiger partial charge in [0.1, 0.15) is 5.75 Å². The van der Waals surface area contributed by atoms with Crippen LogP contribution in [-0.2, 0) is 6.42 Å². The molecule has 0 aliphatic rings. The summed E-state index contributed by atoms with van der Waals surface area (Å²) in [5, 5.41) is 6.90. The maximum Gasteiger partial charge on any atom is 0.170 e. The van der Waals surface area contributed by atoms with Gasteiger partial charge in [0, 0.05) is 24.6 Å². The van der Waals surface area contributed by atoms with Crippen LogP contribution < -0.4 is 15.4 Å². The zero-order valence-corrected chi connectivity index (χ0v) is 12.1. The number of nitrogens with one attached hydrogen (secondary N) is 2. The Balaban J connectivity index is 1.73. The van der Waals surface area contributed by atoms with Crippen LogP contribution in [0.5, 0.6) is 5.75 Å². The Morgan fingerprint density at radius 2 is 1.85 bits per heavy atom. The van der Waals surface area contributed by atoms with Gasteiger partial charge < -0.3 is 15.4 Å². The quantitative estimate of drug-likeness (QED) is 0.828. The molecule has 0 fully saturated rings. The average Bonchev–Trinajstić information content (AvgIpc) is 2.49. The first-order valence-electron chi connectivity index (χ1n) is 6.36. The van der Waals surface area contributed by atoms with E-state index in [-0.39, 0.29) is 0 Å². The number of anilines is 1. The van der Waals surface area contributed by atoms with Crippen LogP contribution in [0.4, 0.5) is 5.69 Å². The number of rotatable bonds is 5. The lowest BCUT2D eigenvalue weighted by atomic mass is 10.1. The van der Waals surface area contributed by atoms with Gasteiger partial charge in [0.05, 0.1) is 7.11 Å². The third-order valence-electron chi connectivity index (χ3n) is 2.80. The Bertz CT molecular complexity index is 543. The second kappa shape index (κ2) is 7.45. The van der Waals surface area contributed by atoms with Crippen molar-refractivity contribution in [3.63, 3.8) is 0 Å². The van der Waals surface area contributed by atoms with Crippen LogP contribution in [0.3, 0.4) is 0 Å². The molecule has 0 aliphatic heterocycles. The van der Waals surface area contributed by atoms with Gasteiger partial charge in [0.25, 0.3) is 0 Å². The Morgan fingerprint density at radius 3 is 2.50 bits per heavy atom. The summed E-state index contributed by atoms with van der Waals surface area (Å²) in [4.78, 5) is 3.95. The first kappa shape index (κ1) is 14.3. The summed E-state index contributed by atoms with van der Waals surface area (Å²) in [5.41, 5.74) is 2.17. The second-order valence-corrected chi connectivity index (χ2v) is 4.62. The lowest BCUT2D eigenvalue weighted by molar-refractivity contribution is 0.414. The normalized spacial score (nSPS) is 9.85. The van der Waals surface area contributed by atoms with Crippen LogP contribution in [0.1, 0.15) is 5.56 Å². The number of hydrogen-bond acceptors (Lipinski definition) is 3. The first-order valence-corrected chi connectivity index (χ1v) is 6.76. The topological polar surface area (TPSA) is 46.2 Å². The van der Waals surface area contributed by atoms with Gasteiger partial charge in [-0.15, -0.1) is 0 Å². The van der Waals surface area contributed by atoms with E-state index in [4.69, 9.17) is 17.0 Å². The van der Waals surface area contributed by atoms with Gasteiger partial charge in [-0.05, 0) is 48.5 Å². The molecular formula is C15H17N3OS. The van der Waals surface area contributed by atoms with Gasteiger partial charge in [-0.25, -0.2) is 0 Å². The number of thiocarbonyl (C=S) groups is 1. The van der Waals surface area contributed by atoms with E-state index in [1.807, 2.05) is 24.3 Å². The molecule has 2 N–H and O–H groups in total. The lowest BCUT2D eigenvalue weighted by Crippen LogP contribution is -2.30. The van der Waals surface area contributed by atoms with Crippen molar-refractivity contribution in [2.45, 2.75) is 6.42 Å². The highest BCUT2D eigenvalue weighted by Crippen LogP contribution is 2.11. The maximum absolute atomic E-state index is 5.23. The molecule has 0 unspecified atom stereocenters. The molecule has 5 heteroatoms. The molecule has 104 valence electrons. The van der Waals surface area contributed by atoms with Crippen LogP contribution in [0, 0.1) is 0 Å². The molecule has 0 atom stereocenters. The summed E-state index contributed by atoms with van der Waals surface area (Å²) in [5.74, 6) is 0.872. The zero-order chi connectivity index (χ0) is 14.2. The molecule has 0 amide bonds. The molecule has 0 spiro atoms. The van der Waals surface area contributed by atoms with Crippen LogP contribution in [0.2, 0.25) is 0 Å². The van der Waals surface area contributed by atoms with Crippen molar-refractivity contribution in [2.75, 3.05) is 19.0 Å². The molecule has 1 heterocycles. The molecule has 0 bridgehead atoms. The fourth-order valence-electron chi connectivity index (χ4n) is 1.72. The summed E-state index contributed by atoms with van der Waals surface area (Å²) >= 11 is 5.23. The minimum absolute atomic E-state index is 0.615. The fourth-order valence-corrected chi connectivity index (χ4v) is 1.94. The largest absolute Gasteiger partial charge is 0.497 e. The summed E-state index contributed by atoms with van der Waals surface area (Å²) in [6, 6.07) is 11.8. The zero-order valence-electron chi connectivity index (χ0n) is 11.3. The van der Waals surface area contributed by atoms with Gasteiger partial charge in [-0.1, -0.05) is 12.1 Å². The van der Waals surface area contributed by atoms with Crippen LogP contribution in [-0.4, -0.2) is 23.8 Å². The molecule has 1 aromatic heterocycles. The minimum atomic E-state index is 0.615. The van der Waals surface area contributed by atoms with E-state index in [0.29, 0.717) is 5.11 Å². The Morgan fingerprint density at radius 1 is 1.15 bits per heavy atom. The highest BCUT2D eigenvalue weighted by atomic mass is 32.1. The van der Waals surface area contributed by atoms with Gasteiger partial charge in [0.2, 0.25) is 0 Å². The molecule has 0 saturated heterocycles. The molecule has 4 nitrogen and oxygen atoms in total. The van der Waals surface area contributed by atoms with Gasteiger partial charge in [0.15, 0.2) is 5.11 Å². The third-order valence-corrected chi connectivity index (χ3v) is 3.04.